The number of aliphatic hydroxyl groups excluding tert-OH is 1. The molecule has 2 heterocycles. The van der Waals surface area contributed by atoms with Gasteiger partial charge in [0.05, 0.1) is 19.3 Å². The third kappa shape index (κ3) is 2.73. The van der Waals surface area contributed by atoms with E-state index in [2.05, 4.69) is 9.88 Å². The highest BCUT2D eigenvalue weighted by atomic mass is 16.5. The van der Waals surface area contributed by atoms with E-state index in [4.69, 9.17) is 4.74 Å². The fourth-order valence-electron chi connectivity index (χ4n) is 3.79. The number of aliphatic hydroxyl groups is 1. The second kappa shape index (κ2) is 6.20. The highest BCUT2D eigenvalue weighted by Crippen LogP contribution is 2.39. The summed E-state index contributed by atoms with van der Waals surface area (Å²) in [5.74, 6) is 0. The molecule has 1 aliphatic heterocycles. The van der Waals surface area contributed by atoms with E-state index in [1.165, 1.54) is 18.4 Å². The Kier molecular flexibility index (Phi) is 4.34. The van der Waals surface area contributed by atoms with Crippen molar-refractivity contribution in [2.75, 3.05) is 26.3 Å². The number of rotatable bonds is 4. The Bertz CT molecular complexity index is 412. The summed E-state index contributed by atoms with van der Waals surface area (Å²) in [6, 6.07) is 4.01. The van der Waals surface area contributed by atoms with Gasteiger partial charge in [-0.2, -0.15) is 0 Å². The summed E-state index contributed by atoms with van der Waals surface area (Å²) in [5, 5.41) is 10.9. The highest BCUT2D eigenvalue weighted by Gasteiger charge is 2.45. The van der Waals surface area contributed by atoms with E-state index in [-0.39, 0.29) is 11.6 Å². The van der Waals surface area contributed by atoms with Crippen LogP contribution >= 0.6 is 0 Å². The largest absolute Gasteiger partial charge is 0.391 e. The normalized spacial score (nSPS) is 24.6. The van der Waals surface area contributed by atoms with E-state index in [0.29, 0.717) is 0 Å². The number of pyridine rings is 1. The summed E-state index contributed by atoms with van der Waals surface area (Å²) in [5.41, 5.74) is 1.14. The van der Waals surface area contributed by atoms with Crippen LogP contribution in [0.4, 0.5) is 0 Å². The first-order chi connectivity index (χ1) is 9.81. The van der Waals surface area contributed by atoms with Gasteiger partial charge in [-0.3, -0.25) is 9.88 Å². The number of ether oxygens (including phenoxy) is 1. The Hall–Kier alpha value is -0.970. The van der Waals surface area contributed by atoms with Gasteiger partial charge in [0.25, 0.3) is 0 Å². The van der Waals surface area contributed by atoms with Gasteiger partial charge in [-0.25, -0.2) is 0 Å². The third-order valence-corrected chi connectivity index (χ3v) is 4.91. The minimum absolute atomic E-state index is 0.0347. The standard InChI is InChI=1S/C16H24N2O2/c19-15(13-14-3-7-17-8-4-14)16(5-1-2-6-16)18-9-11-20-12-10-18/h3-4,7-8,15,19H,1-2,5-6,9-13H2. The van der Waals surface area contributed by atoms with Crippen molar-refractivity contribution in [1.29, 1.82) is 0 Å². The van der Waals surface area contributed by atoms with Crippen LogP contribution in [0.1, 0.15) is 31.2 Å². The number of morpholine rings is 1. The summed E-state index contributed by atoms with van der Waals surface area (Å²) in [4.78, 5) is 6.53. The molecular formula is C16H24N2O2. The molecule has 0 aromatic carbocycles. The summed E-state index contributed by atoms with van der Waals surface area (Å²) in [6.45, 7) is 3.49. The lowest BCUT2D eigenvalue weighted by Crippen LogP contribution is -2.59. The van der Waals surface area contributed by atoms with E-state index in [1.807, 2.05) is 12.1 Å². The van der Waals surface area contributed by atoms with Gasteiger partial charge in [0, 0.05) is 37.4 Å². The van der Waals surface area contributed by atoms with Crippen molar-refractivity contribution in [2.45, 2.75) is 43.7 Å². The molecule has 1 unspecified atom stereocenters. The van der Waals surface area contributed by atoms with E-state index in [9.17, 15) is 5.11 Å². The number of aromatic nitrogens is 1. The van der Waals surface area contributed by atoms with Crippen molar-refractivity contribution in [3.63, 3.8) is 0 Å². The first-order valence-electron chi connectivity index (χ1n) is 7.71. The molecular weight excluding hydrogens is 252 g/mol. The van der Waals surface area contributed by atoms with Crippen LogP contribution in [0.5, 0.6) is 0 Å². The molecule has 1 saturated heterocycles. The molecule has 0 radical (unpaired) electrons. The van der Waals surface area contributed by atoms with Gasteiger partial charge in [-0.15, -0.1) is 0 Å². The van der Waals surface area contributed by atoms with Crippen LogP contribution in [0.15, 0.2) is 24.5 Å². The Morgan fingerprint density at radius 2 is 1.85 bits per heavy atom. The van der Waals surface area contributed by atoms with Gasteiger partial charge in [-0.05, 0) is 30.5 Å². The number of hydrogen-bond donors (Lipinski definition) is 1. The molecule has 1 atom stereocenters. The van der Waals surface area contributed by atoms with Crippen molar-refractivity contribution in [1.82, 2.24) is 9.88 Å². The van der Waals surface area contributed by atoms with Crippen LogP contribution in [-0.2, 0) is 11.2 Å². The molecule has 2 aliphatic rings. The second-order valence-electron chi connectivity index (χ2n) is 5.99. The lowest BCUT2D eigenvalue weighted by atomic mass is 9.84. The fourth-order valence-corrected chi connectivity index (χ4v) is 3.79. The lowest BCUT2D eigenvalue weighted by molar-refractivity contribution is -0.0753. The predicted octanol–water partition coefficient (Wildman–Crippen LogP) is 1.63. The third-order valence-electron chi connectivity index (χ3n) is 4.91. The molecule has 1 aromatic rings. The molecule has 20 heavy (non-hydrogen) atoms. The average Bonchev–Trinajstić information content (AvgIpc) is 3.00. The van der Waals surface area contributed by atoms with Gasteiger partial charge in [0.15, 0.2) is 0 Å². The van der Waals surface area contributed by atoms with Crippen LogP contribution in [0.3, 0.4) is 0 Å². The van der Waals surface area contributed by atoms with Crippen molar-refractivity contribution in [2.24, 2.45) is 0 Å². The van der Waals surface area contributed by atoms with E-state index < -0.39 is 0 Å². The Morgan fingerprint density at radius 3 is 2.50 bits per heavy atom. The molecule has 2 fully saturated rings. The molecule has 3 rings (SSSR count). The monoisotopic (exact) mass is 276 g/mol. The van der Waals surface area contributed by atoms with Gasteiger partial charge < -0.3 is 9.84 Å². The first kappa shape index (κ1) is 14.0. The van der Waals surface area contributed by atoms with E-state index in [1.54, 1.807) is 12.4 Å². The maximum atomic E-state index is 10.9. The summed E-state index contributed by atoms with van der Waals surface area (Å²) >= 11 is 0. The van der Waals surface area contributed by atoms with Crippen LogP contribution in [-0.4, -0.2) is 52.9 Å². The molecule has 4 nitrogen and oxygen atoms in total. The van der Waals surface area contributed by atoms with Crippen LogP contribution < -0.4 is 0 Å². The molecule has 110 valence electrons. The zero-order valence-electron chi connectivity index (χ0n) is 12.0. The van der Waals surface area contributed by atoms with Crippen LogP contribution in [0.25, 0.3) is 0 Å². The first-order valence-corrected chi connectivity index (χ1v) is 7.71. The SMILES string of the molecule is OC(Cc1ccncc1)C1(N2CCOCC2)CCCC1. The summed E-state index contributed by atoms with van der Waals surface area (Å²) in [6.07, 6.45) is 8.70. The van der Waals surface area contributed by atoms with Crippen molar-refractivity contribution in [3.05, 3.63) is 30.1 Å². The fraction of sp³-hybridized carbons (Fsp3) is 0.688. The number of hydrogen-bond acceptors (Lipinski definition) is 4. The Labute approximate surface area is 120 Å². The van der Waals surface area contributed by atoms with E-state index in [0.717, 1.165) is 45.6 Å². The summed E-state index contributed by atoms with van der Waals surface area (Å²) in [7, 11) is 0. The van der Waals surface area contributed by atoms with Crippen molar-refractivity contribution in [3.8, 4) is 0 Å². The maximum absolute atomic E-state index is 10.9. The summed E-state index contributed by atoms with van der Waals surface area (Å²) < 4.78 is 5.47. The van der Waals surface area contributed by atoms with Crippen LogP contribution in [0.2, 0.25) is 0 Å². The van der Waals surface area contributed by atoms with Crippen LogP contribution in [0, 0.1) is 0 Å². The van der Waals surface area contributed by atoms with Crippen molar-refractivity contribution >= 4 is 0 Å². The minimum Gasteiger partial charge on any atom is -0.391 e. The second-order valence-corrected chi connectivity index (χ2v) is 5.99. The minimum atomic E-state index is -0.300. The molecule has 0 amide bonds. The molecule has 0 bridgehead atoms. The molecule has 4 heteroatoms. The molecule has 1 aliphatic carbocycles. The lowest BCUT2D eigenvalue weighted by Gasteiger charge is -2.46. The molecule has 0 spiro atoms. The predicted molar refractivity (Wildman–Crippen MR) is 77.5 cm³/mol. The average molecular weight is 276 g/mol. The van der Waals surface area contributed by atoms with Gasteiger partial charge in [0.1, 0.15) is 0 Å². The molecule has 1 aromatic heterocycles. The van der Waals surface area contributed by atoms with Gasteiger partial charge in [-0.1, -0.05) is 12.8 Å². The zero-order chi connectivity index (χ0) is 13.8. The maximum Gasteiger partial charge on any atom is 0.0764 e. The zero-order valence-corrected chi connectivity index (χ0v) is 12.0. The van der Waals surface area contributed by atoms with Gasteiger partial charge in [0.2, 0.25) is 0 Å². The highest BCUT2D eigenvalue weighted by molar-refractivity contribution is 5.14. The molecule has 1 saturated carbocycles. The quantitative estimate of drug-likeness (QED) is 0.908. The number of nitrogens with zero attached hydrogens (tertiary/aromatic N) is 2. The van der Waals surface area contributed by atoms with Gasteiger partial charge >= 0.3 is 0 Å². The van der Waals surface area contributed by atoms with E-state index >= 15 is 0 Å². The van der Waals surface area contributed by atoms with Crippen molar-refractivity contribution < 1.29 is 9.84 Å². The Balaban J connectivity index is 1.75. The Morgan fingerprint density at radius 1 is 1.20 bits per heavy atom. The topological polar surface area (TPSA) is 45.6 Å². The smallest absolute Gasteiger partial charge is 0.0764 e. The molecule has 1 N–H and O–H groups in total.